The second kappa shape index (κ2) is 10.4. The number of carbonyl (C=O) groups excluding carboxylic acids is 2. The van der Waals surface area contributed by atoms with Crippen LogP contribution in [0.2, 0.25) is 0 Å². The first-order valence-corrected chi connectivity index (χ1v) is 11.6. The molecule has 2 amide bonds. The number of amidine groups is 1. The summed E-state index contributed by atoms with van der Waals surface area (Å²) in [5.41, 5.74) is 1.67. The van der Waals surface area contributed by atoms with Crippen LogP contribution in [0, 0.1) is 6.92 Å². The van der Waals surface area contributed by atoms with Crippen LogP contribution in [0.25, 0.3) is 6.08 Å². The van der Waals surface area contributed by atoms with Crippen LogP contribution in [0.3, 0.4) is 0 Å². The average molecular weight is 477 g/mol. The van der Waals surface area contributed by atoms with Crippen LogP contribution >= 0.6 is 11.8 Å². The molecule has 1 aromatic heterocycles. The maximum absolute atomic E-state index is 13.4. The molecule has 1 aliphatic heterocycles. The summed E-state index contributed by atoms with van der Waals surface area (Å²) in [6.07, 6.45) is 2.22. The molecule has 2 aromatic carbocycles. The number of rotatable bonds is 7. The van der Waals surface area contributed by atoms with Gasteiger partial charge in [-0.15, -0.1) is 0 Å². The van der Waals surface area contributed by atoms with E-state index in [2.05, 4.69) is 15.5 Å². The summed E-state index contributed by atoms with van der Waals surface area (Å²) in [5, 5.41) is 6.51. The number of hydrogen-bond acceptors (Lipinski definition) is 7. The molecule has 1 N–H and O–H groups in total. The van der Waals surface area contributed by atoms with Crippen LogP contribution in [0.15, 0.2) is 75.9 Å². The standard InChI is InChI=1S/C25H24N4O4S/c1-4-21(23(30)27-22-14-16(2)33-28-22)34-25-26-19(15-17-10-8-9-13-20(17)32-3)24(31)29(25)18-11-6-5-7-12-18/h5-15,21H,4H2,1-3H3,(H,27,28,30)/b19-15-/t21-/m0/s1. The first-order valence-electron chi connectivity index (χ1n) is 10.7. The van der Waals surface area contributed by atoms with Crippen molar-refractivity contribution < 1.29 is 18.8 Å². The second-order valence-corrected chi connectivity index (χ2v) is 8.64. The summed E-state index contributed by atoms with van der Waals surface area (Å²) in [4.78, 5) is 32.5. The third-order valence-corrected chi connectivity index (χ3v) is 6.38. The van der Waals surface area contributed by atoms with E-state index in [1.807, 2.05) is 61.5 Å². The van der Waals surface area contributed by atoms with E-state index >= 15 is 0 Å². The molecule has 0 unspecified atom stereocenters. The van der Waals surface area contributed by atoms with Crippen molar-refractivity contribution in [1.82, 2.24) is 5.16 Å². The highest BCUT2D eigenvalue weighted by Gasteiger charge is 2.35. The largest absolute Gasteiger partial charge is 0.496 e. The first kappa shape index (κ1) is 23.3. The van der Waals surface area contributed by atoms with Gasteiger partial charge in [0.05, 0.1) is 18.0 Å². The van der Waals surface area contributed by atoms with Crippen molar-refractivity contribution in [2.75, 3.05) is 17.3 Å². The topological polar surface area (TPSA) is 97.0 Å². The number of thioether (sulfide) groups is 1. The molecule has 174 valence electrons. The van der Waals surface area contributed by atoms with Gasteiger partial charge in [-0.2, -0.15) is 0 Å². The number of aromatic nitrogens is 1. The van der Waals surface area contributed by atoms with Gasteiger partial charge in [0.1, 0.15) is 17.2 Å². The monoisotopic (exact) mass is 476 g/mol. The summed E-state index contributed by atoms with van der Waals surface area (Å²) in [5.74, 6) is 1.07. The zero-order chi connectivity index (χ0) is 24.1. The summed E-state index contributed by atoms with van der Waals surface area (Å²) in [6.45, 7) is 3.65. The molecule has 2 heterocycles. The predicted molar refractivity (Wildman–Crippen MR) is 134 cm³/mol. The fraction of sp³-hybridized carbons (Fsp3) is 0.200. The molecular formula is C25H24N4O4S. The average Bonchev–Trinajstić information content (AvgIpc) is 3.40. The summed E-state index contributed by atoms with van der Waals surface area (Å²) >= 11 is 1.23. The zero-order valence-corrected chi connectivity index (χ0v) is 19.8. The highest BCUT2D eigenvalue weighted by Crippen LogP contribution is 2.33. The lowest BCUT2D eigenvalue weighted by molar-refractivity contribution is -0.116. The Bertz CT molecular complexity index is 1250. The summed E-state index contributed by atoms with van der Waals surface area (Å²) in [7, 11) is 1.58. The van der Waals surface area contributed by atoms with Crippen molar-refractivity contribution in [2.45, 2.75) is 25.5 Å². The minimum absolute atomic E-state index is 0.244. The molecule has 0 bridgehead atoms. The quantitative estimate of drug-likeness (QED) is 0.488. The molecule has 1 aliphatic rings. The maximum atomic E-state index is 13.4. The molecule has 0 saturated heterocycles. The lowest BCUT2D eigenvalue weighted by Gasteiger charge is -2.20. The summed E-state index contributed by atoms with van der Waals surface area (Å²) < 4.78 is 10.4. The SMILES string of the molecule is CC[C@H](SC1=N/C(=C\c2ccccc2OC)C(=O)N1c1ccccc1)C(=O)Nc1cc(C)on1. The minimum Gasteiger partial charge on any atom is -0.496 e. The fourth-order valence-corrected chi connectivity index (χ4v) is 4.43. The molecule has 0 radical (unpaired) electrons. The maximum Gasteiger partial charge on any atom is 0.283 e. The van der Waals surface area contributed by atoms with Crippen molar-refractivity contribution in [2.24, 2.45) is 4.99 Å². The molecule has 9 heteroatoms. The number of nitrogens with one attached hydrogen (secondary N) is 1. The van der Waals surface area contributed by atoms with E-state index in [0.29, 0.717) is 34.6 Å². The molecule has 0 fully saturated rings. The Morgan fingerprint density at radius 1 is 1.21 bits per heavy atom. The fourth-order valence-electron chi connectivity index (χ4n) is 3.39. The molecule has 0 spiro atoms. The van der Waals surface area contributed by atoms with Gasteiger partial charge in [-0.25, -0.2) is 4.99 Å². The molecule has 4 rings (SSSR count). The Balaban J connectivity index is 1.66. The van der Waals surface area contributed by atoms with Gasteiger partial charge in [-0.1, -0.05) is 60.2 Å². The second-order valence-electron chi connectivity index (χ2n) is 7.47. The number of methoxy groups -OCH3 is 1. The van der Waals surface area contributed by atoms with Crippen molar-refractivity contribution in [3.05, 3.63) is 77.7 Å². The van der Waals surface area contributed by atoms with Gasteiger partial charge in [-0.3, -0.25) is 14.5 Å². The number of anilines is 2. The van der Waals surface area contributed by atoms with Gasteiger partial charge in [0, 0.05) is 11.6 Å². The number of nitrogens with zero attached hydrogens (tertiary/aromatic N) is 3. The van der Waals surface area contributed by atoms with E-state index in [0.717, 1.165) is 5.56 Å². The van der Waals surface area contributed by atoms with Crippen LogP contribution in [-0.2, 0) is 9.59 Å². The first-order chi connectivity index (χ1) is 16.5. The van der Waals surface area contributed by atoms with E-state index in [9.17, 15) is 9.59 Å². The van der Waals surface area contributed by atoms with Gasteiger partial charge in [0.25, 0.3) is 5.91 Å². The van der Waals surface area contributed by atoms with E-state index < -0.39 is 5.25 Å². The Morgan fingerprint density at radius 3 is 2.62 bits per heavy atom. The van der Waals surface area contributed by atoms with Crippen molar-refractivity contribution in [3.8, 4) is 5.75 Å². The third kappa shape index (κ3) is 5.04. The van der Waals surface area contributed by atoms with Gasteiger partial charge in [-0.05, 0) is 37.6 Å². The molecule has 8 nitrogen and oxygen atoms in total. The van der Waals surface area contributed by atoms with E-state index in [-0.39, 0.29) is 17.5 Å². The predicted octanol–water partition coefficient (Wildman–Crippen LogP) is 4.89. The Hall–Kier alpha value is -3.85. The Morgan fingerprint density at radius 2 is 1.94 bits per heavy atom. The van der Waals surface area contributed by atoms with Crippen molar-refractivity contribution in [1.29, 1.82) is 0 Å². The molecule has 3 aromatic rings. The Labute approximate surface area is 201 Å². The number of benzene rings is 2. The molecule has 1 atom stereocenters. The Kier molecular flexibility index (Phi) is 7.12. The lowest BCUT2D eigenvalue weighted by atomic mass is 10.1. The van der Waals surface area contributed by atoms with E-state index in [1.165, 1.54) is 16.7 Å². The van der Waals surface area contributed by atoms with Gasteiger partial charge in [0.2, 0.25) is 5.91 Å². The third-order valence-electron chi connectivity index (χ3n) is 5.07. The van der Waals surface area contributed by atoms with Gasteiger partial charge >= 0.3 is 0 Å². The molecule has 0 saturated carbocycles. The number of para-hydroxylation sites is 2. The normalized spacial score (nSPS) is 15.4. The number of ether oxygens (including phenoxy) is 1. The zero-order valence-electron chi connectivity index (χ0n) is 19.0. The van der Waals surface area contributed by atoms with Gasteiger partial charge in [0.15, 0.2) is 11.0 Å². The van der Waals surface area contributed by atoms with E-state index in [1.54, 1.807) is 26.2 Å². The summed E-state index contributed by atoms with van der Waals surface area (Å²) in [6, 6.07) is 18.3. The van der Waals surface area contributed by atoms with Crippen LogP contribution in [-0.4, -0.2) is 34.5 Å². The van der Waals surface area contributed by atoms with Crippen LogP contribution in [0.5, 0.6) is 5.75 Å². The number of hydrogen-bond donors (Lipinski definition) is 1. The van der Waals surface area contributed by atoms with Gasteiger partial charge < -0.3 is 14.6 Å². The number of aliphatic imine (C=N–C) groups is 1. The van der Waals surface area contributed by atoms with Crippen molar-refractivity contribution >= 4 is 46.3 Å². The molecular weight excluding hydrogens is 452 g/mol. The molecule has 34 heavy (non-hydrogen) atoms. The van der Waals surface area contributed by atoms with Crippen LogP contribution < -0.4 is 15.0 Å². The number of amides is 2. The smallest absolute Gasteiger partial charge is 0.283 e. The van der Waals surface area contributed by atoms with E-state index in [4.69, 9.17) is 9.26 Å². The van der Waals surface area contributed by atoms with Crippen LogP contribution in [0.1, 0.15) is 24.7 Å². The lowest BCUT2D eigenvalue weighted by Crippen LogP contribution is -2.34. The van der Waals surface area contributed by atoms with Crippen LogP contribution in [0.4, 0.5) is 11.5 Å². The number of carbonyl (C=O) groups is 2. The van der Waals surface area contributed by atoms with Crippen molar-refractivity contribution in [3.63, 3.8) is 0 Å². The number of aryl methyl sites for hydroxylation is 1. The highest BCUT2D eigenvalue weighted by atomic mass is 32.2. The molecule has 0 aliphatic carbocycles. The highest BCUT2D eigenvalue weighted by molar-refractivity contribution is 8.15. The minimum atomic E-state index is -0.500.